The summed E-state index contributed by atoms with van der Waals surface area (Å²) in [6.45, 7) is 8.61. The molecular formula is C19H27BrN2O2. The first-order chi connectivity index (χ1) is 11.3. The van der Waals surface area contributed by atoms with Gasteiger partial charge in [0.2, 0.25) is 0 Å². The highest BCUT2D eigenvalue weighted by Crippen LogP contribution is 2.36. The topological polar surface area (TPSA) is 50.7 Å². The Hall–Kier alpha value is -1.36. The van der Waals surface area contributed by atoms with Gasteiger partial charge in [-0.2, -0.15) is 5.10 Å². The molecule has 2 rings (SSSR count). The van der Waals surface area contributed by atoms with Crippen LogP contribution >= 0.6 is 15.9 Å². The van der Waals surface area contributed by atoms with E-state index in [4.69, 9.17) is 4.74 Å². The molecule has 1 N–H and O–H groups in total. The standard InChI is InChI=1S/C19H27BrN2O2/c1-13(24-17-11-7-15(20)8-12-17)18(23)22-21-16-9-5-14(6-10-16)19(2,3)4/h7-8,11-14H,5-6,9-10H2,1-4H3,(H,22,23)/t13-,14?/m0/s1. The van der Waals surface area contributed by atoms with E-state index in [1.165, 1.54) is 0 Å². The van der Waals surface area contributed by atoms with Gasteiger partial charge in [-0.1, -0.05) is 36.7 Å². The molecule has 0 aromatic heterocycles. The molecule has 1 atom stereocenters. The van der Waals surface area contributed by atoms with Crippen LogP contribution < -0.4 is 10.2 Å². The van der Waals surface area contributed by atoms with Crippen LogP contribution in [0.25, 0.3) is 0 Å². The summed E-state index contributed by atoms with van der Waals surface area (Å²) in [5.74, 6) is 1.18. The Kier molecular flexibility index (Phi) is 6.44. The molecular weight excluding hydrogens is 368 g/mol. The predicted octanol–water partition coefficient (Wildman–Crippen LogP) is 4.92. The predicted molar refractivity (Wildman–Crippen MR) is 101 cm³/mol. The summed E-state index contributed by atoms with van der Waals surface area (Å²) in [6.07, 6.45) is 3.63. The number of carbonyl (C=O) groups is 1. The number of hydrogen-bond acceptors (Lipinski definition) is 3. The van der Waals surface area contributed by atoms with Crippen molar-refractivity contribution in [2.75, 3.05) is 0 Å². The number of amides is 1. The minimum Gasteiger partial charge on any atom is -0.481 e. The fourth-order valence-electron chi connectivity index (χ4n) is 2.92. The highest BCUT2D eigenvalue weighted by atomic mass is 79.9. The summed E-state index contributed by atoms with van der Waals surface area (Å²) in [7, 11) is 0. The minimum absolute atomic E-state index is 0.219. The van der Waals surface area contributed by atoms with Crippen molar-refractivity contribution in [1.29, 1.82) is 0 Å². The molecule has 1 fully saturated rings. The number of hydrazone groups is 1. The Bertz CT molecular complexity index is 580. The molecule has 1 saturated carbocycles. The van der Waals surface area contributed by atoms with Crippen LogP contribution in [0.2, 0.25) is 0 Å². The van der Waals surface area contributed by atoms with Crippen molar-refractivity contribution >= 4 is 27.5 Å². The zero-order valence-electron chi connectivity index (χ0n) is 14.9. The van der Waals surface area contributed by atoms with E-state index in [0.717, 1.165) is 41.8 Å². The maximum Gasteiger partial charge on any atom is 0.280 e. The normalized spacial score (nSPS) is 19.5. The average Bonchev–Trinajstić information content (AvgIpc) is 2.54. The summed E-state index contributed by atoms with van der Waals surface area (Å²) >= 11 is 3.37. The van der Waals surface area contributed by atoms with Crippen LogP contribution in [0, 0.1) is 11.3 Å². The molecule has 1 aromatic rings. The second kappa shape index (κ2) is 8.15. The van der Waals surface area contributed by atoms with E-state index in [1.54, 1.807) is 6.92 Å². The van der Waals surface area contributed by atoms with Crippen molar-refractivity contribution in [1.82, 2.24) is 5.43 Å². The van der Waals surface area contributed by atoms with Gasteiger partial charge in [0, 0.05) is 10.2 Å². The molecule has 24 heavy (non-hydrogen) atoms. The second-order valence-corrected chi connectivity index (χ2v) is 8.42. The van der Waals surface area contributed by atoms with Gasteiger partial charge in [0.1, 0.15) is 5.75 Å². The number of rotatable bonds is 4. The zero-order chi connectivity index (χ0) is 17.7. The molecule has 132 valence electrons. The Balaban J connectivity index is 1.81. The fourth-order valence-corrected chi connectivity index (χ4v) is 3.19. The minimum atomic E-state index is -0.582. The third kappa shape index (κ3) is 5.62. The summed E-state index contributed by atoms with van der Waals surface area (Å²) in [5, 5.41) is 4.31. The van der Waals surface area contributed by atoms with E-state index in [2.05, 4.69) is 47.2 Å². The molecule has 0 spiro atoms. The Morgan fingerprint density at radius 2 is 1.83 bits per heavy atom. The monoisotopic (exact) mass is 394 g/mol. The number of benzene rings is 1. The number of carbonyl (C=O) groups excluding carboxylic acids is 1. The molecule has 0 saturated heterocycles. The molecule has 0 aliphatic heterocycles. The molecule has 0 unspecified atom stereocenters. The first-order valence-electron chi connectivity index (χ1n) is 8.53. The van der Waals surface area contributed by atoms with Crippen molar-refractivity contribution in [2.45, 2.75) is 59.5 Å². The Morgan fingerprint density at radius 1 is 1.25 bits per heavy atom. The van der Waals surface area contributed by atoms with E-state index >= 15 is 0 Å². The van der Waals surface area contributed by atoms with E-state index < -0.39 is 6.10 Å². The zero-order valence-corrected chi connectivity index (χ0v) is 16.5. The van der Waals surface area contributed by atoms with Gasteiger partial charge in [0.25, 0.3) is 5.91 Å². The average molecular weight is 395 g/mol. The summed E-state index contributed by atoms with van der Waals surface area (Å²) in [4.78, 5) is 12.1. The van der Waals surface area contributed by atoms with E-state index in [0.29, 0.717) is 11.2 Å². The van der Waals surface area contributed by atoms with Crippen LogP contribution in [-0.4, -0.2) is 17.7 Å². The maximum atomic E-state index is 12.1. The molecule has 1 aliphatic rings. The summed E-state index contributed by atoms with van der Waals surface area (Å²) < 4.78 is 6.61. The summed E-state index contributed by atoms with van der Waals surface area (Å²) in [6, 6.07) is 7.42. The highest BCUT2D eigenvalue weighted by Gasteiger charge is 2.28. The third-order valence-electron chi connectivity index (χ3n) is 4.61. The van der Waals surface area contributed by atoms with Crippen LogP contribution in [0.15, 0.2) is 33.8 Å². The van der Waals surface area contributed by atoms with Crippen LogP contribution in [-0.2, 0) is 4.79 Å². The van der Waals surface area contributed by atoms with Gasteiger partial charge >= 0.3 is 0 Å². The van der Waals surface area contributed by atoms with Gasteiger partial charge in [-0.15, -0.1) is 0 Å². The largest absolute Gasteiger partial charge is 0.481 e. The quantitative estimate of drug-likeness (QED) is 0.736. The van der Waals surface area contributed by atoms with Crippen molar-refractivity contribution in [3.8, 4) is 5.75 Å². The molecule has 1 aromatic carbocycles. The highest BCUT2D eigenvalue weighted by molar-refractivity contribution is 9.10. The smallest absolute Gasteiger partial charge is 0.280 e. The van der Waals surface area contributed by atoms with Crippen molar-refractivity contribution in [2.24, 2.45) is 16.4 Å². The van der Waals surface area contributed by atoms with Crippen LogP contribution in [0.5, 0.6) is 5.75 Å². The lowest BCUT2D eigenvalue weighted by Gasteiger charge is -2.34. The molecule has 0 radical (unpaired) electrons. The SMILES string of the molecule is C[C@H](Oc1ccc(Br)cc1)C(=O)NN=C1CCC(C(C)(C)C)CC1. The van der Waals surface area contributed by atoms with E-state index in [9.17, 15) is 4.79 Å². The van der Waals surface area contributed by atoms with Gasteiger partial charge in [0.05, 0.1) is 0 Å². The fraction of sp³-hybridized carbons (Fsp3) is 0.579. The first kappa shape index (κ1) is 19.0. The molecule has 0 heterocycles. The molecule has 4 nitrogen and oxygen atoms in total. The van der Waals surface area contributed by atoms with Gasteiger partial charge in [-0.05, 0) is 68.2 Å². The summed E-state index contributed by atoms with van der Waals surface area (Å²) in [5.41, 5.74) is 4.08. The Labute approximate surface area is 153 Å². The lowest BCUT2D eigenvalue weighted by atomic mass is 9.72. The number of nitrogens with zero attached hydrogens (tertiary/aromatic N) is 1. The van der Waals surface area contributed by atoms with Crippen LogP contribution in [0.1, 0.15) is 53.4 Å². The molecule has 0 bridgehead atoms. The Morgan fingerprint density at radius 3 is 2.38 bits per heavy atom. The number of hydrogen-bond donors (Lipinski definition) is 1. The number of ether oxygens (including phenoxy) is 1. The third-order valence-corrected chi connectivity index (χ3v) is 5.14. The molecule has 5 heteroatoms. The van der Waals surface area contributed by atoms with Gasteiger partial charge in [0.15, 0.2) is 6.10 Å². The van der Waals surface area contributed by atoms with E-state index in [-0.39, 0.29) is 5.91 Å². The van der Waals surface area contributed by atoms with E-state index in [1.807, 2.05) is 24.3 Å². The van der Waals surface area contributed by atoms with Crippen molar-refractivity contribution in [3.05, 3.63) is 28.7 Å². The molecule has 1 amide bonds. The first-order valence-corrected chi connectivity index (χ1v) is 9.32. The second-order valence-electron chi connectivity index (χ2n) is 7.51. The van der Waals surface area contributed by atoms with Crippen molar-refractivity contribution in [3.63, 3.8) is 0 Å². The van der Waals surface area contributed by atoms with Gasteiger partial charge in [-0.25, -0.2) is 5.43 Å². The molecule has 1 aliphatic carbocycles. The lowest BCUT2D eigenvalue weighted by Crippen LogP contribution is -2.34. The maximum absolute atomic E-state index is 12.1. The number of halogens is 1. The van der Waals surface area contributed by atoms with Gasteiger partial charge in [-0.3, -0.25) is 4.79 Å². The lowest BCUT2D eigenvalue weighted by molar-refractivity contribution is -0.127. The van der Waals surface area contributed by atoms with Crippen LogP contribution in [0.4, 0.5) is 0 Å². The number of nitrogens with one attached hydrogen (secondary N) is 1. The van der Waals surface area contributed by atoms with Crippen LogP contribution in [0.3, 0.4) is 0 Å². The van der Waals surface area contributed by atoms with Gasteiger partial charge < -0.3 is 4.74 Å². The van der Waals surface area contributed by atoms with Crippen molar-refractivity contribution < 1.29 is 9.53 Å².